The van der Waals surface area contributed by atoms with Gasteiger partial charge in [-0.3, -0.25) is 0 Å². The van der Waals surface area contributed by atoms with Crippen molar-refractivity contribution >= 4 is 23.4 Å². The van der Waals surface area contributed by atoms with Crippen LogP contribution in [0, 0.1) is 11.3 Å². The Kier molecular flexibility index (Phi) is 5.79. The minimum Gasteiger partial charge on any atom is -0.493 e. The van der Waals surface area contributed by atoms with Crippen LogP contribution in [0.4, 0.5) is 0 Å². The molecule has 0 saturated heterocycles. The molecule has 2 nitrogen and oxygen atoms in total. The second-order valence-electron chi connectivity index (χ2n) is 4.17. The average Bonchev–Trinajstić information content (AvgIpc) is 2.49. The van der Waals surface area contributed by atoms with E-state index in [9.17, 15) is 0 Å². The van der Waals surface area contributed by atoms with E-state index in [4.69, 9.17) is 21.6 Å². The Hall–Kier alpha value is -1.63. The number of halogens is 1. The van der Waals surface area contributed by atoms with Crippen LogP contribution in [-0.4, -0.2) is 12.4 Å². The molecule has 102 valence electrons. The lowest BCUT2D eigenvalue weighted by atomic mass is 10.2. The first kappa shape index (κ1) is 14.8. The van der Waals surface area contributed by atoms with E-state index >= 15 is 0 Å². The highest BCUT2D eigenvalue weighted by Crippen LogP contribution is 2.17. The predicted octanol–water partition coefficient (Wildman–Crippen LogP) is 4.52. The van der Waals surface area contributed by atoms with Crippen LogP contribution in [0.3, 0.4) is 0 Å². The minimum atomic E-state index is 0.657. The first-order chi connectivity index (χ1) is 9.78. The van der Waals surface area contributed by atoms with Gasteiger partial charge < -0.3 is 4.74 Å². The molecule has 20 heavy (non-hydrogen) atoms. The Balaban J connectivity index is 1.69. The van der Waals surface area contributed by atoms with Gasteiger partial charge in [0.2, 0.25) is 0 Å². The summed E-state index contributed by atoms with van der Waals surface area (Å²) in [6.07, 6.45) is 0. The molecule has 0 radical (unpaired) electrons. The van der Waals surface area contributed by atoms with Gasteiger partial charge in [0.15, 0.2) is 0 Å². The van der Waals surface area contributed by atoms with Crippen LogP contribution in [-0.2, 0) is 5.75 Å². The van der Waals surface area contributed by atoms with Crippen LogP contribution in [0.5, 0.6) is 5.75 Å². The van der Waals surface area contributed by atoms with Crippen LogP contribution in [0.1, 0.15) is 11.1 Å². The molecule has 0 atom stereocenters. The van der Waals surface area contributed by atoms with E-state index in [0.29, 0.717) is 17.2 Å². The molecule has 2 aromatic rings. The van der Waals surface area contributed by atoms with Crippen molar-refractivity contribution in [1.29, 1.82) is 5.26 Å². The Bertz CT molecular complexity index is 592. The molecule has 2 aromatic carbocycles. The molecule has 0 fully saturated rings. The maximum atomic E-state index is 8.83. The normalized spacial score (nSPS) is 10.0. The fourth-order valence-electron chi connectivity index (χ4n) is 1.67. The van der Waals surface area contributed by atoms with Gasteiger partial charge in [0.05, 0.1) is 18.2 Å². The van der Waals surface area contributed by atoms with Gasteiger partial charge >= 0.3 is 0 Å². The van der Waals surface area contributed by atoms with Gasteiger partial charge in [0.25, 0.3) is 0 Å². The summed E-state index contributed by atoms with van der Waals surface area (Å²) in [6, 6.07) is 17.2. The third kappa shape index (κ3) is 4.80. The molecular formula is C16H14ClNOS. The molecule has 0 spiro atoms. The van der Waals surface area contributed by atoms with Crippen molar-refractivity contribution in [2.75, 3.05) is 12.4 Å². The first-order valence-corrected chi connectivity index (χ1v) is 7.76. The van der Waals surface area contributed by atoms with E-state index in [-0.39, 0.29) is 0 Å². The van der Waals surface area contributed by atoms with Crippen LogP contribution in [0.15, 0.2) is 48.5 Å². The summed E-state index contributed by atoms with van der Waals surface area (Å²) in [5.74, 6) is 2.63. The molecule has 0 aromatic heterocycles. The summed E-state index contributed by atoms with van der Waals surface area (Å²) in [5.41, 5.74) is 1.88. The van der Waals surface area contributed by atoms with E-state index < -0.39 is 0 Å². The van der Waals surface area contributed by atoms with Gasteiger partial charge in [0, 0.05) is 16.5 Å². The number of hydrogen-bond acceptors (Lipinski definition) is 3. The van der Waals surface area contributed by atoms with Crippen LogP contribution in [0.2, 0.25) is 5.02 Å². The lowest BCUT2D eigenvalue weighted by Crippen LogP contribution is -2.00. The molecule has 2 rings (SSSR count). The second kappa shape index (κ2) is 7.84. The molecule has 0 bridgehead atoms. The SMILES string of the molecule is N#Cc1cccc(CSCCOc2ccc(Cl)cc2)c1. The maximum Gasteiger partial charge on any atom is 0.119 e. The molecule has 0 saturated carbocycles. The van der Waals surface area contributed by atoms with Crippen molar-refractivity contribution in [2.24, 2.45) is 0 Å². The molecule has 0 aliphatic heterocycles. The number of benzene rings is 2. The molecule has 0 unspecified atom stereocenters. The number of nitrogens with zero attached hydrogens (tertiary/aromatic N) is 1. The number of rotatable bonds is 6. The fourth-order valence-corrected chi connectivity index (χ4v) is 2.56. The summed E-state index contributed by atoms with van der Waals surface area (Å²) in [6.45, 7) is 0.657. The largest absolute Gasteiger partial charge is 0.493 e. The zero-order valence-corrected chi connectivity index (χ0v) is 12.5. The van der Waals surface area contributed by atoms with Crippen molar-refractivity contribution in [1.82, 2.24) is 0 Å². The lowest BCUT2D eigenvalue weighted by Gasteiger charge is -2.06. The predicted molar refractivity (Wildman–Crippen MR) is 84.3 cm³/mol. The highest BCUT2D eigenvalue weighted by molar-refractivity contribution is 7.98. The molecule has 0 heterocycles. The Labute approximate surface area is 128 Å². The summed E-state index contributed by atoms with van der Waals surface area (Å²) in [4.78, 5) is 0. The van der Waals surface area contributed by atoms with Gasteiger partial charge in [-0.2, -0.15) is 17.0 Å². The number of thioether (sulfide) groups is 1. The third-order valence-electron chi connectivity index (χ3n) is 2.63. The zero-order chi connectivity index (χ0) is 14.2. The monoisotopic (exact) mass is 303 g/mol. The van der Waals surface area contributed by atoms with Crippen molar-refractivity contribution in [3.05, 3.63) is 64.7 Å². The maximum absolute atomic E-state index is 8.83. The number of ether oxygens (including phenoxy) is 1. The Morgan fingerprint density at radius 3 is 2.70 bits per heavy atom. The van der Waals surface area contributed by atoms with Crippen molar-refractivity contribution in [3.8, 4) is 11.8 Å². The average molecular weight is 304 g/mol. The smallest absolute Gasteiger partial charge is 0.119 e. The first-order valence-electron chi connectivity index (χ1n) is 6.23. The quantitative estimate of drug-likeness (QED) is 0.735. The van der Waals surface area contributed by atoms with E-state index in [1.165, 1.54) is 5.56 Å². The number of nitriles is 1. The Morgan fingerprint density at radius 2 is 1.95 bits per heavy atom. The molecule has 0 N–H and O–H groups in total. The van der Waals surface area contributed by atoms with E-state index in [1.54, 1.807) is 11.8 Å². The van der Waals surface area contributed by atoms with Gasteiger partial charge in [-0.15, -0.1) is 0 Å². The molecule has 0 aliphatic carbocycles. The van der Waals surface area contributed by atoms with Crippen LogP contribution >= 0.6 is 23.4 Å². The van der Waals surface area contributed by atoms with E-state index in [0.717, 1.165) is 17.3 Å². The van der Waals surface area contributed by atoms with E-state index in [2.05, 4.69) is 6.07 Å². The number of hydrogen-bond donors (Lipinski definition) is 0. The highest BCUT2D eigenvalue weighted by atomic mass is 35.5. The van der Waals surface area contributed by atoms with E-state index in [1.807, 2.05) is 48.5 Å². The molecule has 0 amide bonds. The molecule has 0 aliphatic rings. The van der Waals surface area contributed by atoms with Gasteiger partial charge in [0.1, 0.15) is 5.75 Å². The summed E-state index contributed by atoms with van der Waals surface area (Å²) < 4.78 is 5.61. The minimum absolute atomic E-state index is 0.657. The van der Waals surface area contributed by atoms with Gasteiger partial charge in [-0.1, -0.05) is 23.7 Å². The van der Waals surface area contributed by atoms with Crippen LogP contribution in [0.25, 0.3) is 0 Å². The molecular weight excluding hydrogens is 290 g/mol. The topological polar surface area (TPSA) is 33.0 Å². The highest BCUT2D eigenvalue weighted by Gasteiger charge is 1.97. The van der Waals surface area contributed by atoms with Gasteiger partial charge in [-0.25, -0.2) is 0 Å². The summed E-state index contributed by atoms with van der Waals surface area (Å²) in [5, 5.41) is 9.54. The van der Waals surface area contributed by atoms with Crippen LogP contribution < -0.4 is 4.74 Å². The Morgan fingerprint density at radius 1 is 1.15 bits per heavy atom. The standard InChI is InChI=1S/C16H14ClNOS/c17-15-4-6-16(7-5-15)19-8-9-20-12-14-3-1-2-13(10-14)11-18/h1-7,10H,8-9,12H2. The molecule has 4 heteroatoms. The zero-order valence-electron chi connectivity index (χ0n) is 10.9. The lowest BCUT2D eigenvalue weighted by molar-refractivity contribution is 0.344. The third-order valence-corrected chi connectivity index (χ3v) is 3.88. The summed E-state index contributed by atoms with van der Waals surface area (Å²) in [7, 11) is 0. The fraction of sp³-hybridized carbons (Fsp3) is 0.188. The van der Waals surface area contributed by atoms with Crippen molar-refractivity contribution in [3.63, 3.8) is 0 Å². The van der Waals surface area contributed by atoms with Gasteiger partial charge in [-0.05, 0) is 42.0 Å². The summed E-state index contributed by atoms with van der Waals surface area (Å²) >= 11 is 7.59. The van der Waals surface area contributed by atoms with Crippen molar-refractivity contribution < 1.29 is 4.74 Å². The van der Waals surface area contributed by atoms with Crippen molar-refractivity contribution in [2.45, 2.75) is 5.75 Å². The second-order valence-corrected chi connectivity index (χ2v) is 5.71.